The van der Waals surface area contributed by atoms with E-state index >= 15 is 0 Å². The van der Waals surface area contributed by atoms with Gasteiger partial charge in [-0.3, -0.25) is 9.69 Å². The second kappa shape index (κ2) is 9.01. The second-order valence-corrected chi connectivity index (χ2v) is 8.46. The third kappa shape index (κ3) is 4.20. The summed E-state index contributed by atoms with van der Waals surface area (Å²) in [6.07, 6.45) is 2.47. The van der Waals surface area contributed by atoms with Gasteiger partial charge in [-0.2, -0.15) is 0 Å². The minimum Gasteiger partial charge on any atom is -0.466 e. The first-order valence-corrected chi connectivity index (χ1v) is 11.1. The molecule has 2 aliphatic rings. The molecule has 0 N–H and O–H groups in total. The lowest BCUT2D eigenvalue weighted by Crippen LogP contribution is -2.48. The van der Waals surface area contributed by atoms with Gasteiger partial charge in [0.2, 0.25) is 0 Å². The van der Waals surface area contributed by atoms with Crippen molar-refractivity contribution in [2.24, 2.45) is 0 Å². The van der Waals surface area contributed by atoms with Gasteiger partial charge in [-0.15, -0.1) is 0 Å². The summed E-state index contributed by atoms with van der Waals surface area (Å²) in [4.78, 5) is 19.4. The first-order valence-electron chi connectivity index (χ1n) is 10.3. The normalized spacial score (nSPS) is 18.6. The van der Waals surface area contributed by atoms with Crippen molar-refractivity contribution in [2.45, 2.75) is 42.0 Å². The van der Waals surface area contributed by atoms with Crippen molar-refractivity contribution in [3.05, 3.63) is 54.1 Å². The maximum Gasteiger partial charge on any atom is 0.305 e. The van der Waals surface area contributed by atoms with Gasteiger partial charge >= 0.3 is 5.97 Å². The van der Waals surface area contributed by atoms with Crippen molar-refractivity contribution in [1.29, 1.82) is 0 Å². The molecule has 2 aromatic rings. The largest absolute Gasteiger partial charge is 0.466 e. The highest BCUT2D eigenvalue weighted by Crippen LogP contribution is 2.46. The molecule has 5 heteroatoms. The van der Waals surface area contributed by atoms with E-state index in [0.717, 1.165) is 39.0 Å². The summed E-state index contributed by atoms with van der Waals surface area (Å²) in [5.41, 5.74) is 2.79. The lowest BCUT2D eigenvalue weighted by molar-refractivity contribution is -0.143. The van der Waals surface area contributed by atoms with Crippen LogP contribution in [-0.4, -0.2) is 43.7 Å². The van der Waals surface area contributed by atoms with Crippen molar-refractivity contribution in [3.63, 3.8) is 0 Å². The predicted molar refractivity (Wildman–Crippen MR) is 114 cm³/mol. The molecule has 2 aromatic carbocycles. The van der Waals surface area contributed by atoms with Crippen LogP contribution in [-0.2, 0) is 9.53 Å². The first-order chi connectivity index (χ1) is 13.8. The van der Waals surface area contributed by atoms with Gasteiger partial charge in [0.25, 0.3) is 0 Å². The van der Waals surface area contributed by atoms with Gasteiger partial charge in [-0.05, 0) is 50.1 Å². The lowest BCUT2D eigenvalue weighted by atomic mass is 10.0. The van der Waals surface area contributed by atoms with E-state index in [2.05, 4.69) is 58.3 Å². The maximum absolute atomic E-state index is 11.5. The number of nitrogens with zero attached hydrogens (tertiary/aromatic N) is 2. The number of carbonyl (C=O) groups is 1. The van der Waals surface area contributed by atoms with Crippen molar-refractivity contribution in [3.8, 4) is 0 Å². The Bertz CT molecular complexity index is 826. The zero-order chi connectivity index (χ0) is 19.3. The van der Waals surface area contributed by atoms with E-state index < -0.39 is 0 Å². The third-order valence-corrected chi connectivity index (χ3v) is 6.70. The molecule has 4 nitrogen and oxygen atoms in total. The fourth-order valence-corrected chi connectivity index (χ4v) is 5.32. The smallest absolute Gasteiger partial charge is 0.305 e. The van der Waals surface area contributed by atoms with Crippen LogP contribution in [0.15, 0.2) is 58.3 Å². The zero-order valence-corrected chi connectivity index (χ0v) is 17.3. The Kier molecular flexibility index (Phi) is 6.23. The van der Waals surface area contributed by atoms with Gasteiger partial charge in [0.1, 0.15) is 0 Å². The molecule has 0 aliphatic carbocycles. The average molecular weight is 397 g/mol. The molecule has 1 atom stereocenters. The number of hydrogen-bond donors (Lipinski definition) is 0. The highest BCUT2D eigenvalue weighted by Gasteiger charge is 2.33. The molecule has 1 saturated heterocycles. The van der Waals surface area contributed by atoms with E-state index in [1.165, 1.54) is 21.0 Å². The van der Waals surface area contributed by atoms with Gasteiger partial charge in [0.15, 0.2) is 0 Å². The van der Waals surface area contributed by atoms with Crippen molar-refractivity contribution >= 4 is 23.4 Å². The summed E-state index contributed by atoms with van der Waals surface area (Å²) in [5, 5.41) is 0. The van der Waals surface area contributed by atoms with E-state index in [9.17, 15) is 4.79 Å². The Balaban J connectivity index is 1.46. The second-order valence-electron chi connectivity index (χ2n) is 7.38. The molecule has 4 rings (SSSR count). The minimum atomic E-state index is -0.0707. The molecule has 2 heterocycles. The molecular weight excluding hydrogens is 368 g/mol. The summed E-state index contributed by atoms with van der Waals surface area (Å²) >= 11 is 1.89. The van der Waals surface area contributed by atoms with E-state index in [-0.39, 0.29) is 5.97 Å². The molecule has 2 aliphatic heterocycles. The van der Waals surface area contributed by atoms with E-state index in [0.29, 0.717) is 19.1 Å². The summed E-state index contributed by atoms with van der Waals surface area (Å²) in [6.45, 7) is 6.51. The molecule has 148 valence electrons. The average Bonchev–Trinajstić information content (AvgIpc) is 2.86. The number of fused-ring (bicyclic) bond motifs is 5. The molecule has 0 aromatic heterocycles. The molecular formula is C23H28N2O2S. The van der Waals surface area contributed by atoms with E-state index in [1.54, 1.807) is 0 Å². The highest BCUT2D eigenvalue weighted by molar-refractivity contribution is 7.99. The van der Waals surface area contributed by atoms with Crippen LogP contribution in [0.3, 0.4) is 0 Å². The van der Waals surface area contributed by atoms with Gasteiger partial charge in [-0.25, -0.2) is 0 Å². The fraction of sp³-hybridized carbons (Fsp3) is 0.435. The Morgan fingerprint density at radius 2 is 1.86 bits per heavy atom. The van der Waals surface area contributed by atoms with Gasteiger partial charge in [-0.1, -0.05) is 42.1 Å². The third-order valence-electron chi connectivity index (χ3n) is 5.55. The van der Waals surface area contributed by atoms with Crippen LogP contribution in [0, 0.1) is 0 Å². The molecule has 0 bridgehead atoms. The molecule has 28 heavy (non-hydrogen) atoms. The van der Waals surface area contributed by atoms with Crippen LogP contribution in [0.5, 0.6) is 0 Å². The van der Waals surface area contributed by atoms with Crippen LogP contribution in [0.2, 0.25) is 0 Å². The number of esters is 1. The highest BCUT2D eigenvalue weighted by atomic mass is 32.2. The van der Waals surface area contributed by atoms with E-state index in [1.807, 2.05) is 18.7 Å². The topological polar surface area (TPSA) is 32.8 Å². The predicted octanol–water partition coefficient (Wildman–Crippen LogP) is 4.75. The van der Waals surface area contributed by atoms with Crippen LogP contribution >= 0.6 is 11.8 Å². The quantitative estimate of drug-likeness (QED) is 0.520. The summed E-state index contributed by atoms with van der Waals surface area (Å²) in [5.74, 6) is -0.0707. The maximum atomic E-state index is 11.5. The van der Waals surface area contributed by atoms with Crippen molar-refractivity contribution in [2.75, 3.05) is 37.7 Å². The van der Waals surface area contributed by atoms with Crippen molar-refractivity contribution < 1.29 is 9.53 Å². The molecule has 0 saturated carbocycles. The van der Waals surface area contributed by atoms with E-state index in [4.69, 9.17) is 4.74 Å². The van der Waals surface area contributed by atoms with Crippen molar-refractivity contribution in [1.82, 2.24) is 4.90 Å². The Labute approximate surface area is 171 Å². The number of piperazine rings is 1. The summed E-state index contributed by atoms with van der Waals surface area (Å²) in [7, 11) is 0. The van der Waals surface area contributed by atoms with Crippen LogP contribution in [0.1, 0.15) is 37.8 Å². The van der Waals surface area contributed by atoms with Gasteiger partial charge in [0.05, 0.1) is 18.3 Å². The van der Waals surface area contributed by atoms with Crippen LogP contribution in [0.4, 0.5) is 5.69 Å². The molecule has 0 spiro atoms. The Morgan fingerprint density at radius 1 is 1.07 bits per heavy atom. The summed E-state index contributed by atoms with van der Waals surface area (Å²) in [6, 6.07) is 18.0. The number of carbonyl (C=O) groups excluding carboxylic acids is 1. The zero-order valence-electron chi connectivity index (χ0n) is 16.5. The minimum absolute atomic E-state index is 0.0707. The summed E-state index contributed by atoms with van der Waals surface area (Å²) < 4.78 is 5.03. The number of hydrogen-bond acceptors (Lipinski definition) is 5. The standard InChI is InChI=1S/C23H28N2O2S/c1-2-27-23(26)13-7-8-14-24-15-16-25-19-10-4-6-12-22(19)28-21-11-5-3-9-18(21)20(25)17-24/h3-6,9-12,20H,2,7-8,13-17H2,1H3. The van der Waals surface area contributed by atoms with Crippen LogP contribution in [0.25, 0.3) is 0 Å². The molecule has 0 amide bonds. The number of anilines is 1. The van der Waals surface area contributed by atoms with Crippen LogP contribution < -0.4 is 4.90 Å². The molecule has 1 unspecified atom stereocenters. The van der Waals surface area contributed by atoms with Gasteiger partial charge < -0.3 is 9.64 Å². The fourth-order valence-electron chi connectivity index (χ4n) is 4.18. The monoisotopic (exact) mass is 396 g/mol. The number of unbranched alkanes of at least 4 members (excludes halogenated alkanes) is 1. The molecule has 0 radical (unpaired) electrons. The Morgan fingerprint density at radius 3 is 2.71 bits per heavy atom. The lowest BCUT2D eigenvalue weighted by Gasteiger charge is -2.43. The Hall–Kier alpha value is -1.98. The first kappa shape index (κ1) is 19.3. The number of benzene rings is 2. The SMILES string of the molecule is CCOC(=O)CCCCN1CCN2c3ccccc3Sc3ccccc3C2C1. The number of para-hydroxylation sites is 1. The number of rotatable bonds is 6. The number of ether oxygens (including phenoxy) is 1. The molecule has 1 fully saturated rings. The van der Waals surface area contributed by atoms with Gasteiger partial charge in [0, 0.05) is 35.8 Å².